The van der Waals surface area contributed by atoms with Gasteiger partial charge in [0.05, 0.1) is 23.0 Å². The lowest BCUT2D eigenvalue weighted by molar-refractivity contribution is -0.385. The number of hydrogen-bond donors (Lipinski definition) is 0. The fraction of sp³-hybridized carbons (Fsp3) is 0.333. The van der Waals surface area contributed by atoms with Crippen LogP contribution >= 0.6 is 0 Å². The van der Waals surface area contributed by atoms with Crippen LogP contribution in [-0.2, 0) is 14.4 Å². The van der Waals surface area contributed by atoms with Gasteiger partial charge in [-0.3, -0.25) is 24.5 Å². The lowest BCUT2D eigenvalue weighted by Crippen LogP contribution is -2.28. The SMILES string of the molecule is CC(=O)Oc1ccc(C=NN2C(=O)C3C4C=CC(C4)C3C2=O)cc1[N+](=O)[O-]. The number of allylic oxidation sites excluding steroid dienone is 2. The molecule has 2 aliphatic carbocycles. The summed E-state index contributed by atoms with van der Waals surface area (Å²) in [5, 5.41) is 16.0. The Bertz CT molecular complexity index is 907. The van der Waals surface area contributed by atoms with E-state index < -0.39 is 16.6 Å². The second-order valence-corrected chi connectivity index (χ2v) is 6.81. The van der Waals surface area contributed by atoms with E-state index in [9.17, 15) is 24.5 Å². The van der Waals surface area contributed by atoms with Gasteiger partial charge >= 0.3 is 11.7 Å². The standard InChI is InChI=1S/C18H15N3O6/c1-9(22)27-14-5-2-10(6-13(14)21(25)26)8-19-20-17(23)15-11-3-4-12(7-11)16(15)18(20)24/h2-6,8,11-12,15-16H,7H2,1H3. The molecule has 1 saturated carbocycles. The van der Waals surface area contributed by atoms with Crippen LogP contribution < -0.4 is 4.74 Å². The molecular weight excluding hydrogens is 354 g/mol. The van der Waals surface area contributed by atoms with Gasteiger partial charge in [-0.2, -0.15) is 10.1 Å². The first-order chi connectivity index (χ1) is 12.9. The zero-order valence-electron chi connectivity index (χ0n) is 14.3. The average Bonchev–Trinajstić information content (AvgIpc) is 3.28. The van der Waals surface area contributed by atoms with Crippen molar-refractivity contribution in [2.75, 3.05) is 0 Å². The molecule has 0 N–H and O–H groups in total. The predicted octanol–water partition coefficient (Wildman–Crippen LogP) is 1.66. The number of esters is 1. The summed E-state index contributed by atoms with van der Waals surface area (Å²) in [7, 11) is 0. The maximum Gasteiger partial charge on any atom is 0.312 e. The molecule has 2 bridgehead atoms. The lowest BCUT2D eigenvalue weighted by Gasteiger charge is -2.13. The van der Waals surface area contributed by atoms with Gasteiger partial charge in [0, 0.05) is 18.6 Å². The number of nitrogens with zero attached hydrogens (tertiary/aromatic N) is 3. The van der Waals surface area contributed by atoms with Gasteiger partial charge < -0.3 is 4.74 Å². The van der Waals surface area contributed by atoms with Crippen molar-refractivity contribution >= 4 is 29.7 Å². The summed E-state index contributed by atoms with van der Waals surface area (Å²) in [5.41, 5.74) is -0.108. The van der Waals surface area contributed by atoms with Crippen LogP contribution in [0.2, 0.25) is 0 Å². The van der Waals surface area contributed by atoms with Crippen LogP contribution in [0.4, 0.5) is 5.69 Å². The van der Waals surface area contributed by atoms with Crippen molar-refractivity contribution in [1.29, 1.82) is 0 Å². The number of amides is 2. The first-order valence-electron chi connectivity index (χ1n) is 8.44. The van der Waals surface area contributed by atoms with Crippen LogP contribution in [0.5, 0.6) is 5.75 Å². The Hall–Kier alpha value is -3.36. The molecule has 4 rings (SSSR count). The Morgan fingerprint density at radius 2 is 1.89 bits per heavy atom. The van der Waals surface area contributed by atoms with Crippen molar-refractivity contribution in [2.24, 2.45) is 28.8 Å². The monoisotopic (exact) mass is 369 g/mol. The summed E-state index contributed by atoms with van der Waals surface area (Å²) in [6.07, 6.45) is 6.02. The molecule has 2 fully saturated rings. The minimum absolute atomic E-state index is 0.0840. The molecule has 9 nitrogen and oxygen atoms in total. The van der Waals surface area contributed by atoms with Gasteiger partial charge in [-0.1, -0.05) is 12.2 Å². The zero-order valence-corrected chi connectivity index (χ0v) is 14.3. The molecule has 1 saturated heterocycles. The molecule has 0 spiro atoms. The molecular formula is C18H15N3O6. The minimum Gasteiger partial charge on any atom is -0.419 e. The third kappa shape index (κ3) is 2.71. The van der Waals surface area contributed by atoms with Crippen LogP contribution in [-0.4, -0.2) is 33.9 Å². The number of hydrogen-bond acceptors (Lipinski definition) is 7. The number of fused-ring (bicyclic) bond motifs is 5. The van der Waals surface area contributed by atoms with Crippen LogP contribution in [0.3, 0.4) is 0 Å². The summed E-state index contributed by atoms with van der Waals surface area (Å²) in [6.45, 7) is 1.14. The number of benzene rings is 1. The summed E-state index contributed by atoms with van der Waals surface area (Å²) < 4.78 is 4.80. The van der Waals surface area contributed by atoms with Crippen molar-refractivity contribution in [3.05, 3.63) is 46.0 Å². The maximum absolute atomic E-state index is 12.6. The Morgan fingerprint density at radius 1 is 1.26 bits per heavy atom. The van der Waals surface area contributed by atoms with E-state index in [4.69, 9.17) is 4.74 Å². The average molecular weight is 369 g/mol. The maximum atomic E-state index is 12.6. The van der Waals surface area contributed by atoms with Crippen molar-refractivity contribution in [3.8, 4) is 5.75 Å². The normalized spacial score (nSPS) is 28.3. The van der Waals surface area contributed by atoms with Gasteiger partial charge in [-0.25, -0.2) is 0 Å². The number of nitro benzene ring substituents is 1. The second kappa shape index (κ2) is 6.11. The van der Waals surface area contributed by atoms with Crippen LogP contribution in [0.1, 0.15) is 18.9 Å². The number of imide groups is 1. The number of carbonyl (C=O) groups is 3. The molecule has 1 aliphatic heterocycles. The van der Waals surface area contributed by atoms with Crippen molar-refractivity contribution < 1.29 is 24.0 Å². The molecule has 0 radical (unpaired) electrons. The van der Waals surface area contributed by atoms with Gasteiger partial charge in [0.1, 0.15) is 0 Å². The number of nitro groups is 1. The number of hydrazone groups is 1. The lowest BCUT2D eigenvalue weighted by atomic mass is 9.85. The van der Waals surface area contributed by atoms with E-state index in [1.807, 2.05) is 12.2 Å². The quantitative estimate of drug-likeness (QED) is 0.151. The number of rotatable bonds is 4. The molecule has 4 unspecified atom stereocenters. The highest BCUT2D eigenvalue weighted by Crippen LogP contribution is 2.52. The third-order valence-electron chi connectivity index (χ3n) is 5.20. The van der Waals surface area contributed by atoms with Crippen molar-refractivity contribution in [3.63, 3.8) is 0 Å². The number of ether oxygens (including phenoxy) is 1. The van der Waals surface area contributed by atoms with Gasteiger partial charge in [-0.15, -0.1) is 0 Å². The molecule has 1 aromatic carbocycles. The molecule has 3 aliphatic rings. The van der Waals surface area contributed by atoms with Crippen LogP contribution in [0.25, 0.3) is 0 Å². The third-order valence-corrected chi connectivity index (χ3v) is 5.20. The fourth-order valence-corrected chi connectivity index (χ4v) is 4.12. The van der Waals surface area contributed by atoms with Crippen LogP contribution in [0.15, 0.2) is 35.5 Å². The van der Waals surface area contributed by atoms with Crippen molar-refractivity contribution in [2.45, 2.75) is 13.3 Å². The highest BCUT2D eigenvalue weighted by molar-refractivity contribution is 6.06. The molecule has 4 atom stereocenters. The topological polar surface area (TPSA) is 119 Å². The van der Waals surface area contributed by atoms with E-state index in [0.717, 1.165) is 18.4 Å². The van der Waals surface area contributed by atoms with E-state index in [-0.39, 0.29) is 41.2 Å². The highest BCUT2D eigenvalue weighted by Gasteiger charge is 2.59. The summed E-state index contributed by atoms with van der Waals surface area (Å²) in [4.78, 5) is 46.6. The van der Waals surface area contributed by atoms with Crippen LogP contribution in [0, 0.1) is 33.8 Å². The van der Waals surface area contributed by atoms with Gasteiger partial charge in [-0.05, 0) is 30.4 Å². The zero-order chi connectivity index (χ0) is 19.3. The smallest absolute Gasteiger partial charge is 0.312 e. The van der Waals surface area contributed by atoms with E-state index in [2.05, 4.69) is 5.10 Å². The summed E-state index contributed by atoms with van der Waals surface area (Å²) in [6, 6.07) is 3.89. The van der Waals surface area contributed by atoms with E-state index in [1.54, 1.807) is 0 Å². The fourth-order valence-electron chi connectivity index (χ4n) is 4.12. The molecule has 0 aromatic heterocycles. The largest absolute Gasteiger partial charge is 0.419 e. The van der Waals surface area contributed by atoms with E-state index >= 15 is 0 Å². The molecule has 2 amide bonds. The summed E-state index contributed by atoms with van der Waals surface area (Å²) >= 11 is 0. The first kappa shape index (κ1) is 17.1. The molecule has 1 aromatic rings. The highest BCUT2D eigenvalue weighted by atomic mass is 16.6. The molecule has 27 heavy (non-hydrogen) atoms. The Labute approximate surface area is 153 Å². The molecule has 1 heterocycles. The van der Waals surface area contributed by atoms with Gasteiger partial charge in [0.15, 0.2) is 0 Å². The van der Waals surface area contributed by atoms with Gasteiger partial charge in [0.25, 0.3) is 11.8 Å². The minimum atomic E-state index is -0.685. The van der Waals surface area contributed by atoms with E-state index in [1.165, 1.54) is 24.4 Å². The number of carbonyl (C=O) groups excluding carboxylic acids is 3. The first-order valence-corrected chi connectivity index (χ1v) is 8.44. The van der Waals surface area contributed by atoms with Gasteiger partial charge in [0.2, 0.25) is 5.75 Å². The molecule has 9 heteroatoms. The Balaban J connectivity index is 1.57. The Morgan fingerprint density at radius 3 is 2.44 bits per heavy atom. The van der Waals surface area contributed by atoms with E-state index in [0.29, 0.717) is 5.56 Å². The second-order valence-electron chi connectivity index (χ2n) is 6.81. The summed E-state index contributed by atoms with van der Waals surface area (Å²) in [5.74, 6) is -2.07. The Kier molecular flexibility index (Phi) is 3.87. The van der Waals surface area contributed by atoms with Crippen molar-refractivity contribution in [1.82, 2.24) is 5.01 Å². The predicted molar refractivity (Wildman–Crippen MR) is 91.6 cm³/mol. The molecule has 138 valence electrons.